The lowest BCUT2D eigenvalue weighted by molar-refractivity contribution is -0.134. The minimum absolute atomic E-state index is 0.315. The predicted octanol–water partition coefficient (Wildman–Crippen LogP) is 3.67. The number of carboxylic acid groups (broad SMARTS) is 2. The largest absolute Gasteiger partial charge is 0.493 e. The number of nitrogens with two attached hydrogens (primary N) is 1. The van der Waals surface area contributed by atoms with Crippen LogP contribution in [-0.2, 0) is 9.59 Å². The van der Waals surface area contributed by atoms with Crippen LogP contribution in [0.5, 0.6) is 11.5 Å². The summed E-state index contributed by atoms with van der Waals surface area (Å²) in [5.74, 6) is -1.01. The van der Waals surface area contributed by atoms with Crippen molar-refractivity contribution in [1.82, 2.24) is 4.98 Å². The Morgan fingerprint density at radius 2 is 1.94 bits per heavy atom. The van der Waals surface area contributed by atoms with Gasteiger partial charge in [0, 0.05) is 35.8 Å². The lowest BCUT2D eigenvalue weighted by atomic mass is 10.1. The number of methoxy groups -OCH3 is 1. The molecular weight excluding hydrogens is 414 g/mol. The van der Waals surface area contributed by atoms with E-state index in [2.05, 4.69) is 24.1 Å². The molecule has 0 saturated carbocycles. The summed E-state index contributed by atoms with van der Waals surface area (Å²) >= 11 is 0. The van der Waals surface area contributed by atoms with E-state index >= 15 is 0 Å². The molecule has 9 heteroatoms. The van der Waals surface area contributed by atoms with Crippen molar-refractivity contribution in [3.8, 4) is 11.5 Å². The van der Waals surface area contributed by atoms with E-state index in [0.717, 1.165) is 53.8 Å². The van der Waals surface area contributed by atoms with Crippen LogP contribution in [0.3, 0.4) is 0 Å². The average molecular weight is 448 g/mol. The van der Waals surface area contributed by atoms with Gasteiger partial charge in [0.1, 0.15) is 0 Å². The van der Waals surface area contributed by atoms with E-state index in [9.17, 15) is 9.59 Å². The van der Waals surface area contributed by atoms with Crippen molar-refractivity contribution in [3.05, 3.63) is 36.5 Å². The number of nitrogens with zero attached hydrogens (tertiary/aromatic N) is 1. The van der Waals surface area contributed by atoms with Crippen LogP contribution in [0, 0.1) is 0 Å². The highest BCUT2D eigenvalue weighted by Crippen LogP contribution is 2.39. The fourth-order valence-corrected chi connectivity index (χ4v) is 2.83. The molecule has 176 valence electrons. The minimum Gasteiger partial charge on any atom is -0.493 e. The zero-order valence-corrected chi connectivity index (χ0v) is 18.8. The highest BCUT2D eigenvalue weighted by Gasteiger charge is 2.16. The van der Waals surface area contributed by atoms with Crippen molar-refractivity contribution >= 4 is 28.5 Å². The average Bonchev–Trinajstić information content (AvgIpc) is 2.77. The normalized spacial score (nSPS) is 11.5. The third kappa shape index (κ3) is 9.22. The maximum Gasteiger partial charge on any atom is 0.328 e. The zero-order valence-electron chi connectivity index (χ0n) is 18.8. The number of fused-ring (bicyclic) bond motifs is 1. The van der Waals surface area contributed by atoms with Gasteiger partial charge in [0.15, 0.2) is 11.5 Å². The summed E-state index contributed by atoms with van der Waals surface area (Å²) in [7, 11) is 1.67. The Morgan fingerprint density at radius 3 is 2.50 bits per heavy atom. The fourth-order valence-electron chi connectivity index (χ4n) is 2.83. The number of anilines is 1. The highest BCUT2D eigenvalue weighted by molar-refractivity contribution is 5.97. The molecule has 1 aromatic carbocycles. The van der Waals surface area contributed by atoms with Gasteiger partial charge in [-0.2, -0.15) is 0 Å². The molecule has 5 N–H and O–H groups in total. The Bertz CT molecular complexity index is 885. The van der Waals surface area contributed by atoms with Crippen LogP contribution in [0.2, 0.25) is 0 Å². The second kappa shape index (κ2) is 14.6. The summed E-state index contributed by atoms with van der Waals surface area (Å²) in [6.07, 6.45) is 7.04. The number of aromatic nitrogens is 1. The molecule has 0 spiro atoms. The van der Waals surface area contributed by atoms with Crippen molar-refractivity contribution in [2.24, 2.45) is 5.73 Å². The molecule has 9 nitrogen and oxygen atoms in total. The summed E-state index contributed by atoms with van der Waals surface area (Å²) < 4.78 is 11.6. The molecule has 2 rings (SSSR count). The molecule has 1 aromatic heterocycles. The van der Waals surface area contributed by atoms with Crippen molar-refractivity contribution < 1.29 is 29.3 Å². The number of hydrogen-bond acceptors (Lipinski definition) is 7. The Labute approximate surface area is 188 Å². The minimum atomic E-state index is -1.26. The van der Waals surface area contributed by atoms with Gasteiger partial charge < -0.3 is 30.7 Å². The number of unbranched alkanes of at least 4 members (excludes halogenated alkanes) is 1. The van der Waals surface area contributed by atoms with Gasteiger partial charge in [0.2, 0.25) is 0 Å². The summed E-state index contributed by atoms with van der Waals surface area (Å²) in [5, 5.41) is 20.1. The third-order valence-corrected chi connectivity index (χ3v) is 4.38. The quantitative estimate of drug-likeness (QED) is 0.283. The molecule has 1 heterocycles. The van der Waals surface area contributed by atoms with Gasteiger partial charge in [-0.3, -0.25) is 4.98 Å². The molecule has 0 saturated heterocycles. The molecule has 0 aliphatic carbocycles. The van der Waals surface area contributed by atoms with E-state index in [0.29, 0.717) is 31.3 Å². The van der Waals surface area contributed by atoms with Crippen molar-refractivity contribution in [2.75, 3.05) is 25.6 Å². The first-order valence-electron chi connectivity index (χ1n) is 10.5. The van der Waals surface area contributed by atoms with Gasteiger partial charge in [-0.25, -0.2) is 9.59 Å². The van der Waals surface area contributed by atoms with E-state index in [-0.39, 0.29) is 0 Å². The van der Waals surface area contributed by atoms with Crippen molar-refractivity contribution in [2.45, 2.75) is 45.6 Å². The first-order chi connectivity index (χ1) is 15.3. The number of hydrogen-bond donors (Lipinski definition) is 4. The van der Waals surface area contributed by atoms with Crippen LogP contribution >= 0.6 is 0 Å². The van der Waals surface area contributed by atoms with Crippen LogP contribution in [0.1, 0.15) is 39.5 Å². The molecule has 0 radical (unpaired) electrons. The standard InChI is InChI=1S/C19H29N3O2.C4H4O4/c1-4-5-12-24-19-15-9-7-11-21-18(15)16(13-17(19)23-3)22-14(2)8-6-10-20;5-3(6)1-2-4(7)8/h7,9,11,13-14,22H,4-6,8,10,12,20H2,1-3H3;1-2H,(H,5,6)(H,7,8)/b;2-1+. The monoisotopic (exact) mass is 447 g/mol. The Morgan fingerprint density at radius 1 is 1.25 bits per heavy atom. The van der Waals surface area contributed by atoms with Gasteiger partial charge in [-0.1, -0.05) is 13.3 Å². The number of nitrogens with one attached hydrogen (secondary N) is 1. The van der Waals surface area contributed by atoms with Gasteiger partial charge in [0.05, 0.1) is 24.9 Å². The number of ether oxygens (including phenoxy) is 2. The second-order valence-electron chi connectivity index (χ2n) is 7.04. The summed E-state index contributed by atoms with van der Waals surface area (Å²) in [6, 6.07) is 6.25. The molecule has 0 aliphatic heterocycles. The Hall–Kier alpha value is -3.33. The molecular formula is C23H33N3O6. The Kier molecular flexibility index (Phi) is 12.2. The SMILES string of the molecule is CCCCOc1c(OC)cc(NC(C)CCCN)c2ncccc12.O=C(O)/C=C/C(=O)O. The number of benzene rings is 1. The molecule has 1 atom stereocenters. The van der Waals surface area contributed by atoms with Gasteiger partial charge in [0.25, 0.3) is 0 Å². The van der Waals surface area contributed by atoms with Crippen molar-refractivity contribution in [3.63, 3.8) is 0 Å². The smallest absolute Gasteiger partial charge is 0.328 e. The lowest BCUT2D eigenvalue weighted by Gasteiger charge is -2.19. The number of pyridine rings is 1. The Balaban J connectivity index is 0.000000547. The molecule has 0 amide bonds. The van der Waals surface area contributed by atoms with Gasteiger partial charge >= 0.3 is 11.9 Å². The zero-order chi connectivity index (χ0) is 23.9. The van der Waals surface area contributed by atoms with Crippen molar-refractivity contribution in [1.29, 1.82) is 0 Å². The summed E-state index contributed by atoms with van der Waals surface area (Å²) in [6.45, 7) is 5.69. The van der Waals surface area contributed by atoms with Crippen LogP contribution in [0.25, 0.3) is 10.9 Å². The van der Waals surface area contributed by atoms with Gasteiger partial charge in [-0.05, 0) is 44.9 Å². The maximum absolute atomic E-state index is 9.55. The van der Waals surface area contributed by atoms with Crippen LogP contribution < -0.4 is 20.5 Å². The first-order valence-corrected chi connectivity index (χ1v) is 10.5. The van der Waals surface area contributed by atoms with E-state index in [4.69, 9.17) is 25.4 Å². The first kappa shape index (κ1) is 26.7. The summed E-state index contributed by atoms with van der Waals surface area (Å²) in [4.78, 5) is 23.7. The van der Waals surface area contributed by atoms with Crippen LogP contribution in [0.4, 0.5) is 5.69 Å². The molecule has 0 fully saturated rings. The highest BCUT2D eigenvalue weighted by atomic mass is 16.5. The molecule has 0 aliphatic rings. The van der Waals surface area contributed by atoms with E-state index < -0.39 is 11.9 Å². The van der Waals surface area contributed by atoms with E-state index in [1.165, 1.54) is 0 Å². The van der Waals surface area contributed by atoms with Crippen LogP contribution in [-0.4, -0.2) is 53.4 Å². The van der Waals surface area contributed by atoms with Crippen LogP contribution in [0.15, 0.2) is 36.5 Å². The topological polar surface area (TPSA) is 144 Å². The molecule has 1 unspecified atom stereocenters. The number of carboxylic acids is 2. The lowest BCUT2D eigenvalue weighted by Crippen LogP contribution is -2.17. The molecule has 0 bridgehead atoms. The summed E-state index contributed by atoms with van der Waals surface area (Å²) in [5.41, 5.74) is 7.48. The second-order valence-corrected chi connectivity index (χ2v) is 7.04. The molecule has 2 aromatic rings. The maximum atomic E-state index is 9.55. The van der Waals surface area contributed by atoms with E-state index in [1.807, 2.05) is 18.2 Å². The predicted molar refractivity (Wildman–Crippen MR) is 124 cm³/mol. The van der Waals surface area contributed by atoms with E-state index in [1.54, 1.807) is 13.3 Å². The molecule has 32 heavy (non-hydrogen) atoms. The van der Waals surface area contributed by atoms with Gasteiger partial charge in [-0.15, -0.1) is 0 Å². The number of carbonyl (C=O) groups is 2. The number of aliphatic carboxylic acids is 2. The fraction of sp³-hybridized carbons (Fsp3) is 0.435. The third-order valence-electron chi connectivity index (χ3n) is 4.38. The number of rotatable bonds is 12.